The van der Waals surface area contributed by atoms with Crippen LogP contribution in [0.3, 0.4) is 0 Å². The molecule has 3 nitrogen and oxygen atoms in total. The number of rotatable bonds is 3. The summed E-state index contributed by atoms with van der Waals surface area (Å²) in [5.74, 6) is 0.846. The molecule has 2 fully saturated rings. The Hall–Kier alpha value is -0.120. The van der Waals surface area contributed by atoms with Gasteiger partial charge in [0, 0.05) is 19.6 Å². The first-order valence-corrected chi connectivity index (χ1v) is 7.61. The average molecular weight is 254 g/mol. The van der Waals surface area contributed by atoms with E-state index in [9.17, 15) is 0 Å². The third-order valence-electron chi connectivity index (χ3n) is 4.67. The van der Waals surface area contributed by atoms with Crippen LogP contribution < -0.4 is 5.73 Å². The lowest BCUT2D eigenvalue weighted by Crippen LogP contribution is -2.52. The highest BCUT2D eigenvalue weighted by atomic mass is 16.5. The highest BCUT2D eigenvalue weighted by Crippen LogP contribution is 2.39. The maximum absolute atomic E-state index is 6.13. The Morgan fingerprint density at radius 3 is 2.44 bits per heavy atom. The fraction of sp³-hybridized carbons (Fsp3) is 1.00. The van der Waals surface area contributed by atoms with Crippen LogP contribution in [0.4, 0.5) is 0 Å². The Kier molecular flexibility index (Phi) is 4.68. The lowest BCUT2D eigenvalue weighted by Gasteiger charge is -2.45. The molecule has 4 unspecified atom stereocenters. The Balaban J connectivity index is 1.96. The molecule has 1 heterocycles. The van der Waals surface area contributed by atoms with Crippen molar-refractivity contribution in [3.63, 3.8) is 0 Å². The van der Waals surface area contributed by atoms with Gasteiger partial charge in [0.25, 0.3) is 0 Å². The smallest absolute Gasteiger partial charge is 0.0678 e. The van der Waals surface area contributed by atoms with Gasteiger partial charge in [0.05, 0.1) is 12.2 Å². The van der Waals surface area contributed by atoms with Gasteiger partial charge in [0.1, 0.15) is 0 Å². The summed E-state index contributed by atoms with van der Waals surface area (Å²) in [4.78, 5) is 2.59. The Bertz CT molecular complexity index is 261. The summed E-state index contributed by atoms with van der Waals surface area (Å²) in [5, 5.41) is 0. The van der Waals surface area contributed by atoms with Crippen molar-refractivity contribution in [2.45, 2.75) is 58.7 Å². The third-order valence-corrected chi connectivity index (χ3v) is 4.67. The highest BCUT2D eigenvalue weighted by Gasteiger charge is 2.36. The van der Waals surface area contributed by atoms with Crippen LogP contribution in [-0.2, 0) is 4.74 Å². The fourth-order valence-electron chi connectivity index (χ4n) is 4.05. The van der Waals surface area contributed by atoms with E-state index in [1.54, 1.807) is 0 Å². The Labute approximate surface area is 112 Å². The van der Waals surface area contributed by atoms with Gasteiger partial charge >= 0.3 is 0 Å². The van der Waals surface area contributed by atoms with E-state index in [0.717, 1.165) is 25.6 Å². The molecule has 0 aromatic heterocycles. The molecule has 2 N–H and O–H groups in total. The lowest BCUT2D eigenvalue weighted by atomic mass is 9.69. The van der Waals surface area contributed by atoms with Crippen LogP contribution in [0.2, 0.25) is 0 Å². The van der Waals surface area contributed by atoms with Crippen molar-refractivity contribution < 1.29 is 4.74 Å². The quantitative estimate of drug-likeness (QED) is 0.839. The van der Waals surface area contributed by atoms with Crippen molar-refractivity contribution in [3.8, 4) is 0 Å². The van der Waals surface area contributed by atoms with Gasteiger partial charge in [0.2, 0.25) is 0 Å². The molecular weight excluding hydrogens is 224 g/mol. The van der Waals surface area contributed by atoms with Crippen molar-refractivity contribution in [1.29, 1.82) is 0 Å². The van der Waals surface area contributed by atoms with Gasteiger partial charge in [0.15, 0.2) is 0 Å². The summed E-state index contributed by atoms with van der Waals surface area (Å²) >= 11 is 0. The van der Waals surface area contributed by atoms with E-state index >= 15 is 0 Å². The monoisotopic (exact) mass is 254 g/mol. The molecule has 2 aliphatic rings. The number of hydrogen-bond acceptors (Lipinski definition) is 3. The molecular formula is C15H30N2O. The second-order valence-electron chi connectivity index (χ2n) is 6.86. The van der Waals surface area contributed by atoms with E-state index in [1.165, 1.54) is 32.2 Å². The minimum absolute atomic E-state index is 0.365. The van der Waals surface area contributed by atoms with E-state index in [2.05, 4.69) is 25.7 Å². The fourth-order valence-corrected chi connectivity index (χ4v) is 4.05. The summed E-state index contributed by atoms with van der Waals surface area (Å²) in [6.07, 6.45) is 6.09. The number of hydrogen-bond donors (Lipinski definition) is 1. The molecule has 4 atom stereocenters. The van der Waals surface area contributed by atoms with Crippen molar-refractivity contribution in [2.24, 2.45) is 17.1 Å². The summed E-state index contributed by atoms with van der Waals surface area (Å²) in [6.45, 7) is 10.9. The Morgan fingerprint density at radius 2 is 1.89 bits per heavy atom. The summed E-state index contributed by atoms with van der Waals surface area (Å²) in [7, 11) is 0. The largest absolute Gasteiger partial charge is 0.373 e. The molecule has 1 saturated heterocycles. The number of morpholine rings is 1. The number of nitrogens with two attached hydrogens (primary N) is 1. The molecule has 0 bridgehead atoms. The molecule has 106 valence electrons. The first-order valence-electron chi connectivity index (χ1n) is 7.61. The number of ether oxygens (including phenoxy) is 1. The van der Waals surface area contributed by atoms with Gasteiger partial charge in [-0.25, -0.2) is 0 Å². The zero-order valence-electron chi connectivity index (χ0n) is 12.3. The SMILES string of the molecule is CC1CCCC(CN)(CN2CC(C)OC(C)C2)C1. The molecule has 18 heavy (non-hydrogen) atoms. The van der Waals surface area contributed by atoms with Crippen LogP contribution in [0.25, 0.3) is 0 Å². The van der Waals surface area contributed by atoms with E-state index in [4.69, 9.17) is 10.5 Å². The van der Waals surface area contributed by atoms with Gasteiger partial charge < -0.3 is 10.5 Å². The molecule has 1 aliphatic heterocycles. The van der Waals surface area contributed by atoms with Crippen LogP contribution in [-0.4, -0.2) is 43.3 Å². The normalized spacial score (nSPS) is 43.0. The predicted octanol–water partition coefficient (Wildman–Crippen LogP) is 2.25. The first kappa shape index (κ1) is 14.3. The van der Waals surface area contributed by atoms with Crippen LogP contribution in [0.1, 0.15) is 46.5 Å². The maximum atomic E-state index is 6.13. The van der Waals surface area contributed by atoms with E-state index in [1.807, 2.05) is 0 Å². The van der Waals surface area contributed by atoms with Crippen LogP contribution in [0, 0.1) is 11.3 Å². The zero-order valence-corrected chi connectivity index (χ0v) is 12.3. The lowest BCUT2D eigenvalue weighted by molar-refractivity contribution is -0.0810. The summed E-state index contributed by atoms with van der Waals surface area (Å²) < 4.78 is 5.82. The van der Waals surface area contributed by atoms with E-state index < -0.39 is 0 Å². The zero-order chi connectivity index (χ0) is 13.2. The van der Waals surface area contributed by atoms with E-state index in [0.29, 0.717) is 17.6 Å². The van der Waals surface area contributed by atoms with Crippen molar-refractivity contribution in [3.05, 3.63) is 0 Å². The van der Waals surface area contributed by atoms with Crippen molar-refractivity contribution in [2.75, 3.05) is 26.2 Å². The Morgan fingerprint density at radius 1 is 1.22 bits per heavy atom. The third kappa shape index (κ3) is 3.46. The molecule has 0 amide bonds. The minimum atomic E-state index is 0.365. The second-order valence-corrected chi connectivity index (χ2v) is 6.86. The second kappa shape index (κ2) is 5.89. The molecule has 0 aromatic carbocycles. The molecule has 1 aliphatic carbocycles. The molecule has 0 radical (unpaired) electrons. The topological polar surface area (TPSA) is 38.5 Å². The molecule has 3 heteroatoms. The highest BCUT2D eigenvalue weighted by molar-refractivity contribution is 4.90. The minimum Gasteiger partial charge on any atom is -0.373 e. The van der Waals surface area contributed by atoms with Crippen molar-refractivity contribution >= 4 is 0 Å². The molecule has 1 saturated carbocycles. The van der Waals surface area contributed by atoms with Crippen LogP contribution in [0.5, 0.6) is 0 Å². The average Bonchev–Trinajstić information content (AvgIpc) is 2.27. The van der Waals surface area contributed by atoms with Gasteiger partial charge in [-0.1, -0.05) is 19.8 Å². The maximum Gasteiger partial charge on any atom is 0.0678 e. The standard InChI is InChI=1S/C15H30N2O/c1-12-5-4-6-15(7-12,10-16)11-17-8-13(2)18-14(3)9-17/h12-14H,4-11,16H2,1-3H3. The molecule has 2 rings (SSSR count). The first-order chi connectivity index (χ1) is 8.53. The van der Waals surface area contributed by atoms with Gasteiger partial charge in [-0.3, -0.25) is 4.90 Å². The summed E-state index contributed by atoms with van der Waals surface area (Å²) in [5.41, 5.74) is 6.50. The molecule has 0 spiro atoms. The molecule has 0 aromatic rings. The van der Waals surface area contributed by atoms with Gasteiger partial charge in [-0.15, -0.1) is 0 Å². The summed E-state index contributed by atoms with van der Waals surface area (Å²) in [6, 6.07) is 0. The van der Waals surface area contributed by atoms with Crippen LogP contribution >= 0.6 is 0 Å². The van der Waals surface area contributed by atoms with Crippen molar-refractivity contribution in [1.82, 2.24) is 4.90 Å². The number of nitrogens with zero attached hydrogens (tertiary/aromatic N) is 1. The van der Waals surface area contributed by atoms with E-state index in [-0.39, 0.29) is 0 Å². The van der Waals surface area contributed by atoms with Gasteiger partial charge in [-0.2, -0.15) is 0 Å². The predicted molar refractivity (Wildman–Crippen MR) is 75.6 cm³/mol. The van der Waals surface area contributed by atoms with Gasteiger partial charge in [-0.05, 0) is 44.6 Å². The van der Waals surface area contributed by atoms with Crippen LogP contribution in [0.15, 0.2) is 0 Å².